The molecule has 0 saturated heterocycles. The van der Waals surface area contributed by atoms with Crippen LogP contribution in [0.25, 0.3) is 0 Å². The van der Waals surface area contributed by atoms with Crippen LogP contribution in [0.4, 0.5) is 4.39 Å². The van der Waals surface area contributed by atoms with Crippen molar-refractivity contribution in [3.8, 4) is 6.07 Å². The Kier molecular flexibility index (Phi) is 4.61. The van der Waals surface area contributed by atoms with Crippen LogP contribution >= 0.6 is 15.9 Å². The first kappa shape index (κ1) is 13.7. The summed E-state index contributed by atoms with van der Waals surface area (Å²) in [5.41, 5.74) is 1.78. The highest BCUT2D eigenvalue weighted by atomic mass is 79.9. The number of aromatic nitrogens is 1. The van der Waals surface area contributed by atoms with Crippen molar-refractivity contribution in [3.05, 3.63) is 63.6 Å². The quantitative estimate of drug-likeness (QED) is 0.941. The summed E-state index contributed by atoms with van der Waals surface area (Å²) in [6.45, 7) is 0.869. The number of rotatable bonds is 4. The van der Waals surface area contributed by atoms with Gasteiger partial charge in [-0.05, 0) is 24.3 Å². The van der Waals surface area contributed by atoms with Crippen LogP contribution in [0.5, 0.6) is 0 Å². The molecule has 2 rings (SSSR count). The maximum absolute atomic E-state index is 13.5. The third-order valence-electron chi connectivity index (χ3n) is 2.64. The Morgan fingerprint density at radius 3 is 2.84 bits per heavy atom. The van der Waals surface area contributed by atoms with Crippen molar-refractivity contribution < 1.29 is 4.39 Å². The molecule has 5 heteroatoms. The van der Waals surface area contributed by atoms with Gasteiger partial charge in [0.25, 0.3) is 0 Å². The van der Waals surface area contributed by atoms with Crippen molar-refractivity contribution in [2.75, 3.05) is 0 Å². The summed E-state index contributed by atoms with van der Waals surface area (Å²) in [5.74, 6) is -0.248. The standard InChI is InChI=1S/C14H11BrFN3/c15-12-3-4-13(16)11(6-12)9-18-8-10-2-1-5-19-14(10)7-17/h1-6,18H,8-9H2. The number of nitriles is 1. The molecule has 1 aromatic heterocycles. The van der Waals surface area contributed by atoms with E-state index in [-0.39, 0.29) is 5.82 Å². The Bertz CT molecular complexity index is 622. The zero-order valence-electron chi connectivity index (χ0n) is 10.0. The summed E-state index contributed by atoms with van der Waals surface area (Å²) in [6.07, 6.45) is 1.58. The summed E-state index contributed by atoms with van der Waals surface area (Å²) >= 11 is 3.31. The van der Waals surface area contributed by atoms with Gasteiger partial charge in [-0.3, -0.25) is 0 Å². The smallest absolute Gasteiger partial charge is 0.144 e. The molecule has 96 valence electrons. The van der Waals surface area contributed by atoms with Crippen LogP contribution in [-0.2, 0) is 13.1 Å². The highest BCUT2D eigenvalue weighted by Gasteiger charge is 2.04. The van der Waals surface area contributed by atoms with Crippen molar-refractivity contribution in [1.82, 2.24) is 10.3 Å². The van der Waals surface area contributed by atoms with Gasteiger partial charge < -0.3 is 5.32 Å². The average molecular weight is 320 g/mol. The van der Waals surface area contributed by atoms with Gasteiger partial charge in [0.1, 0.15) is 17.6 Å². The largest absolute Gasteiger partial charge is 0.308 e. The van der Waals surface area contributed by atoms with Gasteiger partial charge in [-0.15, -0.1) is 0 Å². The molecular weight excluding hydrogens is 309 g/mol. The molecule has 0 unspecified atom stereocenters. The van der Waals surface area contributed by atoms with Gasteiger partial charge in [0.15, 0.2) is 0 Å². The lowest BCUT2D eigenvalue weighted by atomic mass is 10.2. The van der Waals surface area contributed by atoms with Crippen molar-refractivity contribution >= 4 is 15.9 Å². The molecule has 1 N–H and O–H groups in total. The molecule has 3 nitrogen and oxygen atoms in total. The number of benzene rings is 1. The van der Waals surface area contributed by atoms with Crippen LogP contribution in [-0.4, -0.2) is 4.98 Å². The molecule has 0 aliphatic carbocycles. The highest BCUT2D eigenvalue weighted by molar-refractivity contribution is 9.10. The fourth-order valence-corrected chi connectivity index (χ4v) is 2.10. The number of pyridine rings is 1. The summed E-state index contributed by atoms with van der Waals surface area (Å²) in [5, 5.41) is 12.0. The van der Waals surface area contributed by atoms with Crippen LogP contribution in [0.2, 0.25) is 0 Å². The van der Waals surface area contributed by atoms with Crippen LogP contribution in [0, 0.1) is 17.1 Å². The van der Waals surface area contributed by atoms with Crippen LogP contribution in [0.15, 0.2) is 41.0 Å². The van der Waals surface area contributed by atoms with Gasteiger partial charge in [-0.25, -0.2) is 9.37 Å². The van der Waals surface area contributed by atoms with Gasteiger partial charge in [-0.1, -0.05) is 22.0 Å². The summed E-state index contributed by atoms with van der Waals surface area (Å²) < 4.78 is 14.4. The SMILES string of the molecule is N#Cc1ncccc1CNCc1cc(Br)ccc1F. The topological polar surface area (TPSA) is 48.7 Å². The lowest BCUT2D eigenvalue weighted by Gasteiger charge is -2.07. The Hall–Kier alpha value is -1.77. The molecule has 0 fully saturated rings. The van der Waals surface area contributed by atoms with E-state index in [9.17, 15) is 4.39 Å². The molecule has 19 heavy (non-hydrogen) atoms. The Morgan fingerprint density at radius 1 is 1.26 bits per heavy atom. The number of halogens is 2. The van der Waals surface area contributed by atoms with E-state index in [0.29, 0.717) is 24.3 Å². The van der Waals surface area contributed by atoms with Crippen molar-refractivity contribution in [2.45, 2.75) is 13.1 Å². The van der Waals surface area contributed by atoms with Gasteiger partial charge in [0, 0.05) is 34.9 Å². The molecule has 1 aromatic carbocycles. The van der Waals surface area contributed by atoms with E-state index in [1.54, 1.807) is 24.4 Å². The van der Waals surface area contributed by atoms with Gasteiger partial charge >= 0.3 is 0 Å². The van der Waals surface area contributed by atoms with Crippen LogP contribution in [0.3, 0.4) is 0 Å². The summed E-state index contributed by atoms with van der Waals surface area (Å²) in [7, 11) is 0. The van der Waals surface area contributed by atoms with Gasteiger partial charge in [0.05, 0.1) is 0 Å². The number of hydrogen-bond acceptors (Lipinski definition) is 3. The first-order valence-corrected chi connectivity index (χ1v) is 6.48. The molecular formula is C14H11BrFN3. The highest BCUT2D eigenvalue weighted by Crippen LogP contribution is 2.15. The molecule has 0 spiro atoms. The zero-order chi connectivity index (χ0) is 13.7. The van der Waals surface area contributed by atoms with Crippen LogP contribution in [0.1, 0.15) is 16.8 Å². The fourth-order valence-electron chi connectivity index (χ4n) is 1.69. The van der Waals surface area contributed by atoms with E-state index in [1.807, 2.05) is 12.1 Å². The zero-order valence-corrected chi connectivity index (χ0v) is 11.6. The second-order valence-corrected chi connectivity index (χ2v) is 4.88. The van der Waals surface area contributed by atoms with E-state index in [0.717, 1.165) is 10.0 Å². The predicted molar refractivity (Wildman–Crippen MR) is 73.6 cm³/mol. The lowest BCUT2D eigenvalue weighted by Crippen LogP contribution is -2.15. The third kappa shape index (κ3) is 3.60. The fraction of sp³-hybridized carbons (Fsp3) is 0.143. The first-order valence-electron chi connectivity index (χ1n) is 5.69. The maximum Gasteiger partial charge on any atom is 0.144 e. The summed E-state index contributed by atoms with van der Waals surface area (Å²) in [4.78, 5) is 3.97. The van der Waals surface area contributed by atoms with Crippen molar-refractivity contribution in [3.63, 3.8) is 0 Å². The second-order valence-electron chi connectivity index (χ2n) is 3.96. The molecule has 0 radical (unpaired) electrons. The van der Waals surface area contributed by atoms with E-state index < -0.39 is 0 Å². The Labute approximate surface area is 119 Å². The predicted octanol–water partition coefficient (Wildman–Crippen LogP) is 3.14. The number of hydrogen-bond donors (Lipinski definition) is 1. The molecule has 0 saturated carbocycles. The van der Waals surface area contributed by atoms with E-state index >= 15 is 0 Å². The van der Waals surface area contributed by atoms with Crippen molar-refractivity contribution in [2.24, 2.45) is 0 Å². The van der Waals surface area contributed by atoms with E-state index in [4.69, 9.17) is 5.26 Å². The van der Waals surface area contributed by atoms with Crippen LogP contribution < -0.4 is 5.32 Å². The van der Waals surface area contributed by atoms with Crippen molar-refractivity contribution in [1.29, 1.82) is 5.26 Å². The molecule has 0 atom stereocenters. The lowest BCUT2D eigenvalue weighted by molar-refractivity contribution is 0.587. The van der Waals surface area contributed by atoms with E-state index in [2.05, 4.69) is 26.2 Å². The monoisotopic (exact) mass is 319 g/mol. The summed E-state index contributed by atoms with van der Waals surface area (Å²) in [6, 6.07) is 10.5. The minimum Gasteiger partial charge on any atom is -0.308 e. The average Bonchev–Trinajstić information content (AvgIpc) is 2.43. The first-order chi connectivity index (χ1) is 9.20. The molecule has 0 bridgehead atoms. The molecule has 0 aliphatic rings. The minimum absolute atomic E-state index is 0.248. The second kappa shape index (κ2) is 6.41. The minimum atomic E-state index is -0.248. The molecule has 2 aromatic rings. The Morgan fingerprint density at radius 2 is 2.05 bits per heavy atom. The maximum atomic E-state index is 13.5. The van der Waals surface area contributed by atoms with Gasteiger partial charge in [-0.2, -0.15) is 5.26 Å². The molecule has 0 amide bonds. The van der Waals surface area contributed by atoms with Gasteiger partial charge in [0.2, 0.25) is 0 Å². The molecule has 0 aliphatic heterocycles. The van der Waals surface area contributed by atoms with E-state index in [1.165, 1.54) is 6.07 Å². The number of nitrogens with one attached hydrogen (secondary N) is 1. The number of nitrogens with zero attached hydrogens (tertiary/aromatic N) is 2. The Balaban J connectivity index is 2.01. The normalized spacial score (nSPS) is 10.2. The molecule has 1 heterocycles. The third-order valence-corrected chi connectivity index (χ3v) is 3.13.